The molecule has 8 N–H and O–H groups in total. The van der Waals surface area contributed by atoms with E-state index in [4.69, 9.17) is 29.3 Å². The Morgan fingerprint density at radius 3 is 1.22 bits per heavy atom. The molecule has 0 spiro atoms. The molecule has 0 unspecified atom stereocenters. The zero-order valence-corrected chi connectivity index (χ0v) is 32.5. The third kappa shape index (κ3) is 16.1. The predicted octanol–water partition coefficient (Wildman–Crippen LogP) is 3.52. The van der Waals surface area contributed by atoms with Gasteiger partial charge in [-0.05, 0) is 36.4 Å². The quantitative estimate of drug-likeness (QED) is 0.0482. The summed E-state index contributed by atoms with van der Waals surface area (Å²) in [5, 5.41) is 50.5. The molecule has 2 aromatic heterocycles. The highest BCUT2D eigenvalue weighted by molar-refractivity contribution is 7.13. The number of aliphatic carboxylic acids is 2. The minimum absolute atomic E-state index is 0.0642. The summed E-state index contributed by atoms with van der Waals surface area (Å²) < 4.78 is 72.9. The van der Waals surface area contributed by atoms with E-state index >= 15 is 0 Å². The van der Waals surface area contributed by atoms with Crippen LogP contribution in [0, 0.1) is 0 Å². The number of hydrogen-bond acceptors (Lipinski definition) is 16. The van der Waals surface area contributed by atoms with Gasteiger partial charge in [-0.2, -0.15) is 26.3 Å². The van der Waals surface area contributed by atoms with Crippen molar-refractivity contribution in [2.24, 2.45) is 0 Å². The molecule has 4 rings (SSSR count). The lowest BCUT2D eigenvalue weighted by atomic mass is 10.1. The second kappa shape index (κ2) is 23.3. The molecule has 2 heterocycles. The van der Waals surface area contributed by atoms with Gasteiger partial charge in [0.15, 0.2) is 0 Å². The Hall–Kier alpha value is -6.38. The van der Waals surface area contributed by atoms with Crippen LogP contribution in [0.15, 0.2) is 47.2 Å². The Bertz CT molecular complexity index is 1980. The zero-order chi connectivity index (χ0) is 45.2. The summed E-state index contributed by atoms with van der Waals surface area (Å²) >= 11 is 2.34. The first-order valence-electron chi connectivity index (χ1n) is 16.4. The molecule has 2 aromatic carbocycles. The van der Waals surface area contributed by atoms with E-state index in [2.05, 4.69) is 31.2 Å². The number of carbonyl (C=O) groups is 6. The minimum Gasteiger partial charge on any atom is -0.507 e. The SMILES string of the molecule is COC(=O)c1ccc(O)c(-c2nc(C(=O)NCCNCCNCCNC(=O)c3csc(-c4cc(C(=O)OC)ccc4O)n3)cs2)c1.O=C(O)C(F)(F)F.O=C(O)C(F)(F)F. The van der Waals surface area contributed by atoms with Gasteiger partial charge in [0.2, 0.25) is 0 Å². The van der Waals surface area contributed by atoms with Crippen molar-refractivity contribution in [3.8, 4) is 32.6 Å². The molecule has 0 saturated carbocycles. The maximum Gasteiger partial charge on any atom is 0.490 e. The average Bonchev–Trinajstić information content (AvgIpc) is 3.89. The Labute approximate surface area is 342 Å². The van der Waals surface area contributed by atoms with Crippen LogP contribution in [0.3, 0.4) is 0 Å². The molecule has 0 aliphatic heterocycles. The number of phenols is 2. The van der Waals surface area contributed by atoms with Crippen LogP contribution in [0.25, 0.3) is 21.1 Å². The number of aromatic nitrogens is 2. The fourth-order valence-corrected chi connectivity index (χ4v) is 5.69. The van der Waals surface area contributed by atoms with Crippen molar-refractivity contribution in [3.05, 3.63) is 69.7 Å². The average molecular weight is 897 g/mol. The number of ether oxygens (including phenoxy) is 2. The molecule has 0 aliphatic rings. The van der Waals surface area contributed by atoms with Gasteiger partial charge in [-0.1, -0.05) is 0 Å². The minimum atomic E-state index is -5.08. The highest BCUT2D eigenvalue weighted by Gasteiger charge is 2.39. The number of nitrogens with zero attached hydrogens (tertiary/aromatic N) is 2. The summed E-state index contributed by atoms with van der Waals surface area (Å²) in [6, 6.07) is 8.57. The Balaban J connectivity index is 0.000000758. The van der Waals surface area contributed by atoms with E-state index in [-0.39, 0.29) is 45.8 Å². The van der Waals surface area contributed by atoms with Crippen molar-refractivity contribution in [2.75, 3.05) is 53.5 Å². The number of carboxylic acid groups (broad SMARTS) is 2. The number of nitrogens with one attached hydrogen (secondary N) is 4. The number of rotatable bonds is 15. The van der Waals surface area contributed by atoms with Crippen LogP contribution in [0.1, 0.15) is 41.7 Å². The topological polar surface area (TPSA) is 276 Å². The van der Waals surface area contributed by atoms with E-state index in [1.54, 1.807) is 10.8 Å². The van der Waals surface area contributed by atoms with Crippen LogP contribution < -0.4 is 21.3 Å². The molecule has 0 atom stereocenters. The molecule has 0 saturated heterocycles. The Kier molecular flexibility index (Phi) is 19.3. The zero-order valence-electron chi connectivity index (χ0n) is 30.9. The fourth-order valence-electron chi connectivity index (χ4n) is 4.04. The molecule has 18 nitrogen and oxygen atoms in total. The van der Waals surface area contributed by atoms with E-state index in [1.165, 1.54) is 73.3 Å². The maximum atomic E-state index is 12.5. The van der Waals surface area contributed by atoms with Gasteiger partial charge in [0, 0.05) is 50.0 Å². The number of carboxylic acids is 2. The van der Waals surface area contributed by atoms with E-state index < -0.39 is 36.2 Å². The molecule has 0 aliphatic carbocycles. The van der Waals surface area contributed by atoms with Gasteiger partial charge in [-0.3, -0.25) is 9.59 Å². The third-order valence-corrected chi connectivity index (χ3v) is 8.66. The summed E-state index contributed by atoms with van der Waals surface area (Å²) in [7, 11) is 2.53. The largest absolute Gasteiger partial charge is 0.507 e. The number of alkyl halides is 6. The van der Waals surface area contributed by atoms with E-state index in [0.29, 0.717) is 60.4 Å². The number of thiazole rings is 2. The summed E-state index contributed by atoms with van der Waals surface area (Å²) in [5.74, 6) is -7.45. The lowest BCUT2D eigenvalue weighted by Gasteiger charge is -2.08. The van der Waals surface area contributed by atoms with Crippen molar-refractivity contribution < 1.29 is 85.0 Å². The van der Waals surface area contributed by atoms with Crippen molar-refractivity contribution in [2.45, 2.75) is 12.4 Å². The number of hydrogen-bond donors (Lipinski definition) is 8. The molecule has 0 fully saturated rings. The highest BCUT2D eigenvalue weighted by Crippen LogP contribution is 2.34. The highest BCUT2D eigenvalue weighted by atomic mass is 32.1. The van der Waals surface area contributed by atoms with Crippen molar-refractivity contribution in [1.82, 2.24) is 31.2 Å². The Morgan fingerprint density at radius 2 is 0.917 bits per heavy atom. The molecule has 26 heteroatoms. The first-order valence-corrected chi connectivity index (χ1v) is 18.2. The normalized spacial score (nSPS) is 10.9. The molecule has 326 valence electrons. The van der Waals surface area contributed by atoms with Crippen LogP contribution in [0.2, 0.25) is 0 Å². The molecular formula is C34H34F6N6O12S2. The fraction of sp³-hybridized carbons (Fsp3) is 0.294. The summed E-state index contributed by atoms with van der Waals surface area (Å²) in [6.45, 7) is 3.03. The molecule has 0 radical (unpaired) electrons. The number of aromatic hydroxyl groups is 2. The van der Waals surface area contributed by atoms with Crippen LogP contribution in [-0.2, 0) is 19.1 Å². The number of benzene rings is 2. The second-order valence-corrected chi connectivity index (χ2v) is 12.9. The summed E-state index contributed by atoms with van der Waals surface area (Å²) in [5.41, 5.74) is 1.59. The summed E-state index contributed by atoms with van der Waals surface area (Å²) in [6.07, 6.45) is -10.2. The van der Waals surface area contributed by atoms with Gasteiger partial charge in [-0.25, -0.2) is 29.1 Å². The van der Waals surface area contributed by atoms with Crippen LogP contribution >= 0.6 is 22.7 Å². The van der Waals surface area contributed by atoms with Crippen LogP contribution in [0.5, 0.6) is 11.5 Å². The van der Waals surface area contributed by atoms with Gasteiger partial charge >= 0.3 is 36.2 Å². The van der Waals surface area contributed by atoms with Crippen molar-refractivity contribution >= 4 is 58.4 Å². The molecular weight excluding hydrogens is 863 g/mol. The molecule has 0 bridgehead atoms. The van der Waals surface area contributed by atoms with Crippen molar-refractivity contribution in [1.29, 1.82) is 0 Å². The lowest BCUT2D eigenvalue weighted by molar-refractivity contribution is -0.193. The number of halogens is 6. The number of methoxy groups -OCH3 is 2. The van der Waals surface area contributed by atoms with Gasteiger partial charge in [0.25, 0.3) is 11.8 Å². The number of carbonyl (C=O) groups excluding carboxylic acids is 4. The first kappa shape index (κ1) is 49.8. The number of phenolic OH excluding ortho intramolecular Hbond substituents is 2. The van der Waals surface area contributed by atoms with E-state index in [0.717, 1.165) is 0 Å². The van der Waals surface area contributed by atoms with E-state index in [9.17, 15) is 55.7 Å². The first-order chi connectivity index (χ1) is 28.1. The summed E-state index contributed by atoms with van der Waals surface area (Å²) in [4.78, 5) is 75.0. The number of esters is 2. The maximum absolute atomic E-state index is 12.5. The Morgan fingerprint density at radius 1 is 0.600 bits per heavy atom. The third-order valence-electron chi connectivity index (χ3n) is 6.91. The van der Waals surface area contributed by atoms with Crippen LogP contribution in [0.4, 0.5) is 26.3 Å². The van der Waals surface area contributed by atoms with Gasteiger partial charge in [0.05, 0.1) is 36.5 Å². The second-order valence-electron chi connectivity index (χ2n) is 11.1. The van der Waals surface area contributed by atoms with Gasteiger partial charge in [-0.15, -0.1) is 22.7 Å². The van der Waals surface area contributed by atoms with Gasteiger partial charge < -0.3 is 51.2 Å². The lowest BCUT2D eigenvalue weighted by Crippen LogP contribution is -2.37. The molecule has 60 heavy (non-hydrogen) atoms. The van der Waals surface area contributed by atoms with Crippen LogP contribution in [-0.4, -0.2) is 132 Å². The number of amides is 2. The molecule has 4 aromatic rings. The van der Waals surface area contributed by atoms with Crippen molar-refractivity contribution in [3.63, 3.8) is 0 Å². The molecule has 2 amide bonds. The smallest absolute Gasteiger partial charge is 0.490 e. The van der Waals surface area contributed by atoms with E-state index in [1.807, 2.05) is 0 Å². The monoisotopic (exact) mass is 896 g/mol. The standard InChI is InChI=1S/C30H32N6O8S2.2C2HF3O2/c1-43-29(41)17-3-5-23(37)19(13-17)27-35-21(15-45-27)25(39)33-11-9-31-7-8-32-10-12-34-26(40)22-16-46-28(36-22)20-14-18(30(42)44-2)4-6-24(20)38;2*3-2(4,5)1(6)7/h3-6,13-16,31-32,37-38H,7-12H2,1-2H3,(H,33,39)(H,34,40);2*(H,6,7). The van der Waals surface area contributed by atoms with Gasteiger partial charge in [0.1, 0.15) is 32.9 Å². The predicted molar refractivity (Wildman–Crippen MR) is 199 cm³/mol.